The van der Waals surface area contributed by atoms with Crippen LogP contribution in [0.25, 0.3) is 0 Å². The highest BCUT2D eigenvalue weighted by Crippen LogP contribution is 2.35. The summed E-state index contributed by atoms with van der Waals surface area (Å²) in [5.41, 5.74) is -3.17. The Balaban J connectivity index is 2.62. The van der Waals surface area contributed by atoms with Crippen molar-refractivity contribution in [2.45, 2.75) is 313 Å². The summed E-state index contributed by atoms with van der Waals surface area (Å²) in [6, 6.07) is 6.80. The van der Waals surface area contributed by atoms with Gasteiger partial charge in [-0.3, -0.25) is 24.0 Å². The summed E-state index contributed by atoms with van der Waals surface area (Å²) in [6.45, 7) is 24.3. The molecule has 1 aliphatic heterocycles. The number of allylic oxidation sites excluding steroid dienone is 1. The zero-order valence-electron chi connectivity index (χ0n) is 54.3. The molecule has 0 unspecified atom stereocenters. The molecule has 1 heterocycles. The number of unbranched alkanes of at least 4 members (excludes halogenated alkanes) is 23. The van der Waals surface area contributed by atoms with Crippen molar-refractivity contribution < 1.29 is 61.9 Å². The van der Waals surface area contributed by atoms with E-state index in [2.05, 4.69) is 25.2 Å². The lowest BCUT2D eigenvalue weighted by Gasteiger charge is -2.46. The van der Waals surface area contributed by atoms with E-state index in [-0.39, 0.29) is 19.1 Å². The molecule has 1 amide bonds. The quantitative estimate of drug-likeness (QED) is 0.0284. The number of hydrogen-bond donors (Lipinski definition) is 1. The van der Waals surface area contributed by atoms with Crippen LogP contribution < -0.4 is 10.1 Å². The molecule has 0 aliphatic carbocycles. The van der Waals surface area contributed by atoms with E-state index in [4.69, 9.17) is 37.9 Å². The van der Waals surface area contributed by atoms with Gasteiger partial charge >= 0.3 is 23.9 Å². The van der Waals surface area contributed by atoms with Gasteiger partial charge in [-0.2, -0.15) is 0 Å². The van der Waals surface area contributed by atoms with E-state index in [9.17, 15) is 24.0 Å². The predicted molar refractivity (Wildman–Crippen MR) is 327 cm³/mol. The number of hydrogen-bond acceptors (Lipinski definition) is 13. The third-order valence-corrected chi connectivity index (χ3v) is 14.7. The Bertz CT molecular complexity index is 1960. The van der Waals surface area contributed by atoms with Crippen LogP contribution in [0.5, 0.6) is 5.75 Å². The molecule has 0 spiro atoms. The Hall–Kier alpha value is -4.01. The second kappa shape index (κ2) is 39.6. The van der Waals surface area contributed by atoms with Crippen molar-refractivity contribution in [3.63, 3.8) is 0 Å². The van der Waals surface area contributed by atoms with Gasteiger partial charge in [0, 0.05) is 6.42 Å². The maximum absolute atomic E-state index is 14.2. The molecule has 472 valence electrons. The van der Waals surface area contributed by atoms with Crippen LogP contribution in [0.3, 0.4) is 0 Å². The summed E-state index contributed by atoms with van der Waals surface area (Å²) in [5, 5.41) is 3.27. The van der Waals surface area contributed by atoms with Crippen molar-refractivity contribution in [1.29, 1.82) is 0 Å². The zero-order valence-corrected chi connectivity index (χ0v) is 54.3. The van der Waals surface area contributed by atoms with Gasteiger partial charge in [-0.15, -0.1) is 0 Å². The van der Waals surface area contributed by atoms with Gasteiger partial charge in [0.1, 0.15) is 18.5 Å². The third-order valence-electron chi connectivity index (χ3n) is 14.7. The Morgan fingerprint density at radius 2 is 0.951 bits per heavy atom. The van der Waals surface area contributed by atoms with Gasteiger partial charge in [0.25, 0.3) is 0 Å². The Labute approximate surface area is 498 Å². The molecule has 0 aromatic heterocycles. The van der Waals surface area contributed by atoms with Gasteiger partial charge in [0.2, 0.25) is 5.91 Å². The van der Waals surface area contributed by atoms with E-state index in [1.54, 1.807) is 90.2 Å². The Morgan fingerprint density at radius 1 is 0.537 bits per heavy atom. The van der Waals surface area contributed by atoms with Gasteiger partial charge < -0.3 is 43.2 Å². The molecule has 0 saturated carbocycles. The van der Waals surface area contributed by atoms with E-state index in [1.807, 2.05) is 30.3 Å². The number of ether oxygens (including phenoxy) is 8. The van der Waals surface area contributed by atoms with Gasteiger partial charge in [-0.25, -0.2) is 0 Å². The minimum Gasteiger partial charge on any atom is -0.497 e. The fraction of sp³-hybridized carbons (Fsp3) is 0.809. The van der Waals surface area contributed by atoms with Crippen LogP contribution in [0.2, 0.25) is 0 Å². The molecule has 7 atom stereocenters. The smallest absolute Gasteiger partial charge is 0.311 e. The van der Waals surface area contributed by atoms with Crippen LogP contribution in [-0.2, 0) is 63.7 Å². The van der Waals surface area contributed by atoms with E-state index in [0.717, 1.165) is 44.1 Å². The first kappa shape index (κ1) is 74.1. The number of benzene rings is 1. The number of carbonyl (C=O) groups is 5. The van der Waals surface area contributed by atoms with Crippen LogP contribution in [-0.4, -0.2) is 93.0 Å². The molecule has 14 nitrogen and oxygen atoms in total. The second-order valence-electron chi connectivity index (χ2n) is 27.1. The molecule has 1 fully saturated rings. The zero-order chi connectivity index (χ0) is 61.2. The highest BCUT2D eigenvalue weighted by molar-refractivity contribution is 5.78. The summed E-state index contributed by atoms with van der Waals surface area (Å²) >= 11 is 0. The number of nitrogens with one attached hydrogen (secondary N) is 1. The first-order chi connectivity index (χ1) is 38.7. The summed E-state index contributed by atoms with van der Waals surface area (Å²) in [4.78, 5) is 69.6. The fourth-order valence-electron chi connectivity index (χ4n) is 9.20. The first-order valence-electron chi connectivity index (χ1n) is 32.0. The van der Waals surface area contributed by atoms with Gasteiger partial charge in [0.05, 0.1) is 54.1 Å². The Kier molecular flexibility index (Phi) is 35.8. The normalized spacial score (nSPS) is 18.6. The largest absolute Gasteiger partial charge is 0.497 e. The summed E-state index contributed by atoms with van der Waals surface area (Å²) < 4.78 is 50.3. The van der Waals surface area contributed by atoms with Gasteiger partial charge in [-0.1, -0.05) is 179 Å². The van der Waals surface area contributed by atoms with Crippen LogP contribution in [0.1, 0.15) is 269 Å². The van der Waals surface area contributed by atoms with Crippen molar-refractivity contribution in [2.75, 3.05) is 20.3 Å². The monoisotopic (exact) mass is 1160 g/mol. The molecule has 1 aliphatic rings. The van der Waals surface area contributed by atoms with Crippen LogP contribution in [0, 0.1) is 21.7 Å². The molecule has 1 saturated heterocycles. The fourth-order valence-corrected chi connectivity index (χ4v) is 9.20. The topological polar surface area (TPSA) is 171 Å². The van der Waals surface area contributed by atoms with Crippen molar-refractivity contribution >= 4 is 29.8 Å². The first-order valence-corrected chi connectivity index (χ1v) is 32.0. The second-order valence-corrected chi connectivity index (χ2v) is 27.1. The third kappa shape index (κ3) is 31.2. The number of methoxy groups -OCH3 is 1. The maximum atomic E-state index is 14.2. The number of rotatable bonds is 41. The van der Waals surface area contributed by atoms with Crippen molar-refractivity contribution in [2.24, 2.45) is 21.7 Å². The highest BCUT2D eigenvalue weighted by Gasteiger charge is 2.55. The Morgan fingerprint density at radius 3 is 1.39 bits per heavy atom. The van der Waals surface area contributed by atoms with Crippen LogP contribution in [0.4, 0.5) is 0 Å². The lowest BCUT2D eigenvalue weighted by atomic mass is 9.93. The van der Waals surface area contributed by atoms with E-state index in [0.29, 0.717) is 18.6 Å². The van der Waals surface area contributed by atoms with Crippen molar-refractivity contribution in [3.05, 3.63) is 42.0 Å². The maximum Gasteiger partial charge on any atom is 0.311 e. The average Bonchev–Trinajstić information content (AvgIpc) is 3.40. The summed E-state index contributed by atoms with van der Waals surface area (Å²) in [5.74, 6) is -2.02. The predicted octanol–water partition coefficient (Wildman–Crippen LogP) is 16.0. The lowest BCUT2D eigenvalue weighted by molar-refractivity contribution is -0.313. The molecule has 82 heavy (non-hydrogen) atoms. The van der Waals surface area contributed by atoms with Crippen molar-refractivity contribution in [1.82, 2.24) is 5.32 Å². The van der Waals surface area contributed by atoms with Crippen molar-refractivity contribution in [3.8, 4) is 5.75 Å². The van der Waals surface area contributed by atoms with E-state index in [1.165, 1.54) is 116 Å². The minimum atomic E-state index is -1.51. The molecule has 1 aromatic carbocycles. The average molecular weight is 1160 g/mol. The number of carbonyl (C=O) groups excluding carboxylic acids is 5. The summed E-state index contributed by atoms with van der Waals surface area (Å²) in [7, 11) is 1.62. The SMILES string of the molecule is CCCCCCCCCCCCC/C=C/[C@@H](OCc1ccc(OC)cc1)[C@H](CO[C@@H]1O[C@H](COC(=O)C(C)(C)C)[C@H](OC(=O)C(C)(C)C)[C@H](OC(=O)C(C)(C)C)[C@H]1OC(=O)C(C)(C)C)NC(=O)CCCCCCCCCCCCCCC. The minimum absolute atomic E-state index is 0.174. The highest BCUT2D eigenvalue weighted by atomic mass is 16.7. The summed E-state index contributed by atoms with van der Waals surface area (Å²) in [6.07, 6.45) is 26.3. The van der Waals surface area contributed by atoms with Crippen LogP contribution in [0.15, 0.2) is 36.4 Å². The molecule has 1 aromatic rings. The standard InChI is InChI=1S/C68H117NO13/c1-16-18-20-22-24-26-28-30-32-34-36-38-40-42-54(76-48-51-44-46-52(75-15)47-45-51)53(69-56(70)43-41-39-37-35-33-31-29-27-25-23-21-19-17-2)49-77-60-59(82-64(74)68(12,13)14)58(81-63(73)67(9,10)11)57(80-62(72)66(6,7)8)55(79-60)50-78-61(71)65(3,4)5/h40,42,44-47,53-55,57-60H,16-39,41,43,48-50H2,1-15H3,(H,69,70)/b42-40+/t53-,54+,55+,57-,58-,59+,60+/m0/s1. The molecule has 0 radical (unpaired) electrons. The lowest BCUT2D eigenvalue weighted by Crippen LogP contribution is -2.64. The van der Waals surface area contributed by atoms with E-state index < -0.39 is 95.0 Å². The van der Waals surface area contributed by atoms with Gasteiger partial charge in [-0.05, 0) is 120 Å². The molecular formula is C68H117NO13. The molecule has 14 heteroatoms. The number of amides is 1. The van der Waals surface area contributed by atoms with E-state index >= 15 is 0 Å². The van der Waals surface area contributed by atoms with Gasteiger partial charge in [0.15, 0.2) is 24.6 Å². The van der Waals surface area contributed by atoms with Crippen LogP contribution >= 0.6 is 0 Å². The molecule has 1 N–H and O–H groups in total. The molecular weight excluding hydrogens is 1040 g/mol. The molecule has 2 rings (SSSR count). The number of esters is 4. The molecule has 0 bridgehead atoms.